The van der Waals surface area contributed by atoms with Gasteiger partial charge in [0.2, 0.25) is 0 Å². The monoisotopic (exact) mass is 452 g/mol. The number of benzene rings is 1. The maximum absolute atomic E-state index is 2.70. The number of hydrogen-bond donors (Lipinski definition) is 0. The first-order chi connectivity index (χ1) is 17.4. The van der Waals surface area contributed by atoms with Gasteiger partial charge in [0, 0.05) is 17.3 Å². The Morgan fingerprint density at radius 3 is 2.37 bits per heavy atom. The van der Waals surface area contributed by atoms with E-state index in [0.717, 1.165) is 12.8 Å². The molecule has 3 unspecified atom stereocenters. The highest BCUT2D eigenvalue weighted by Gasteiger charge is 2.60. The summed E-state index contributed by atoms with van der Waals surface area (Å²) in [6.45, 7) is 0. The van der Waals surface area contributed by atoms with Crippen LogP contribution < -0.4 is 0 Å². The lowest BCUT2D eigenvalue weighted by molar-refractivity contribution is 0.318. The molecule has 7 aliphatic carbocycles. The molecule has 1 spiro atoms. The molecule has 0 heteroatoms. The van der Waals surface area contributed by atoms with Gasteiger partial charge < -0.3 is 0 Å². The van der Waals surface area contributed by atoms with Gasteiger partial charge >= 0.3 is 0 Å². The number of fused-ring (bicyclic) bond motifs is 9. The summed E-state index contributed by atoms with van der Waals surface area (Å²) in [6.07, 6.45) is 33.9. The van der Waals surface area contributed by atoms with Crippen molar-refractivity contribution >= 4 is 5.57 Å². The molecule has 0 radical (unpaired) electrons. The van der Waals surface area contributed by atoms with Gasteiger partial charge in [-0.1, -0.05) is 85.0 Å². The highest BCUT2D eigenvalue weighted by molar-refractivity contribution is 5.85. The van der Waals surface area contributed by atoms with Gasteiger partial charge in [0.15, 0.2) is 0 Å². The molecule has 8 rings (SSSR count). The van der Waals surface area contributed by atoms with E-state index in [9.17, 15) is 0 Å². The maximum atomic E-state index is 2.70. The summed E-state index contributed by atoms with van der Waals surface area (Å²) in [5, 5.41) is 0. The fourth-order valence-electron chi connectivity index (χ4n) is 8.54. The van der Waals surface area contributed by atoms with Gasteiger partial charge in [-0.15, -0.1) is 0 Å². The van der Waals surface area contributed by atoms with Crippen molar-refractivity contribution in [2.75, 3.05) is 0 Å². The van der Waals surface area contributed by atoms with Crippen LogP contribution in [0.15, 0.2) is 124 Å². The van der Waals surface area contributed by atoms with Crippen molar-refractivity contribution in [3.63, 3.8) is 0 Å². The number of hydrogen-bond acceptors (Lipinski definition) is 0. The zero-order valence-electron chi connectivity index (χ0n) is 20.4. The molecule has 3 atom stereocenters. The third-order valence-electron chi connectivity index (χ3n) is 9.92. The molecule has 0 nitrogen and oxygen atoms in total. The molecule has 0 amide bonds. The van der Waals surface area contributed by atoms with Crippen molar-refractivity contribution in [1.82, 2.24) is 0 Å². The van der Waals surface area contributed by atoms with E-state index < -0.39 is 0 Å². The van der Waals surface area contributed by atoms with E-state index >= 15 is 0 Å². The van der Waals surface area contributed by atoms with Gasteiger partial charge in [0.1, 0.15) is 0 Å². The molecule has 35 heavy (non-hydrogen) atoms. The molecule has 0 aliphatic heterocycles. The molecule has 0 aromatic heterocycles. The molecule has 0 fully saturated rings. The standard InChI is InChI=1S/C35H32/c1-2-10-24-21-25(18-17-23(24)9-1)26-19-20-30-29-13-5-8-16-33(29)35(34(30)22-26)31-14-6-3-11-27(31)28-12-4-7-15-32(28)35/h1,3-9,11-14,21-22,32-33H,2,10,15-20H2. The SMILES string of the molecule is C1=CCC2C(=C1)C1=C(C=C(C3=CC4=C(C=CCC4)CC3)CC1)C21c2ccccc2C2=CC=CCC21. The van der Waals surface area contributed by atoms with Crippen LogP contribution in [0.3, 0.4) is 0 Å². The van der Waals surface area contributed by atoms with Crippen LogP contribution in [0.25, 0.3) is 5.57 Å². The van der Waals surface area contributed by atoms with Crippen molar-refractivity contribution in [2.24, 2.45) is 11.8 Å². The fraction of sp³-hybridized carbons (Fsp3) is 0.314. The van der Waals surface area contributed by atoms with Gasteiger partial charge in [-0.05, 0) is 107 Å². The molecule has 0 saturated carbocycles. The van der Waals surface area contributed by atoms with E-state index in [2.05, 4.69) is 85.0 Å². The highest BCUT2D eigenvalue weighted by atomic mass is 14.6. The van der Waals surface area contributed by atoms with Crippen molar-refractivity contribution in [2.45, 2.75) is 56.8 Å². The lowest BCUT2D eigenvalue weighted by Crippen LogP contribution is -2.39. The van der Waals surface area contributed by atoms with Crippen LogP contribution >= 0.6 is 0 Å². The van der Waals surface area contributed by atoms with Gasteiger partial charge in [-0.3, -0.25) is 0 Å². The summed E-state index contributed by atoms with van der Waals surface area (Å²) >= 11 is 0. The summed E-state index contributed by atoms with van der Waals surface area (Å²) in [6, 6.07) is 9.39. The molecule has 0 heterocycles. The largest absolute Gasteiger partial charge is 0.0839 e. The van der Waals surface area contributed by atoms with E-state index in [0.29, 0.717) is 11.8 Å². The van der Waals surface area contributed by atoms with E-state index in [1.165, 1.54) is 44.1 Å². The van der Waals surface area contributed by atoms with Crippen molar-refractivity contribution in [3.8, 4) is 0 Å². The van der Waals surface area contributed by atoms with E-state index in [1.54, 1.807) is 50.1 Å². The average molecular weight is 453 g/mol. The van der Waals surface area contributed by atoms with Crippen molar-refractivity contribution in [1.29, 1.82) is 0 Å². The zero-order chi connectivity index (χ0) is 23.0. The lowest BCUT2D eigenvalue weighted by atomic mass is 9.60. The summed E-state index contributed by atoms with van der Waals surface area (Å²) in [7, 11) is 0. The Kier molecular flexibility index (Phi) is 4.27. The van der Waals surface area contributed by atoms with E-state index in [1.807, 2.05) is 0 Å². The van der Waals surface area contributed by atoms with Crippen LogP contribution in [0.5, 0.6) is 0 Å². The minimum absolute atomic E-state index is 0.0814. The van der Waals surface area contributed by atoms with E-state index in [-0.39, 0.29) is 5.41 Å². The molecular formula is C35H32. The Hall–Kier alpha value is -3.12. The minimum atomic E-state index is 0.0814. The van der Waals surface area contributed by atoms with Crippen LogP contribution in [0.4, 0.5) is 0 Å². The maximum Gasteiger partial charge on any atom is 0.0354 e. The predicted molar refractivity (Wildman–Crippen MR) is 146 cm³/mol. The smallest absolute Gasteiger partial charge is 0.0354 e. The summed E-state index contributed by atoms with van der Waals surface area (Å²) in [5.41, 5.74) is 16.2. The zero-order valence-corrected chi connectivity index (χ0v) is 20.4. The Balaban J connectivity index is 1.34. The summed E-state index contributed by atoms with van der Waals surface area (Å²) in [5.74, 6) is 1.11. The predicted octanol–water partition coefficient (Wildman–Crippen LogP) is 8.80. The second kappa shape index (κ2) is 7.44. The first kappa shape index (κ1) is 20.1. The first-order valence-corrected chi connectivity index (χ1v) is 13.7. The van der Waals surface area contributed by atoms with Gasteiger partial charge in [0.25, 0.3) is 0 Å². The van der Waals surface area contributed by atoms with Gasteiger partial charge in [-0.25, -0.2) is 0 Å². The van der Waals surface area contributed by atoms with Crippen LogP contribution in [0.2, 0.25) is 0 Å². The molecule has 0 N–H and O–H groups in total. The fourth-order valence-corrected chi connectivity index (χ4v) is 8.54. The first-order valence-electron chi connectivity index (χ1n) is 13.7. The molecular weight excluding hydrogens is 420 g/mol. The third-order valence-corrected chi connectivity index (χ3v) is 9.92. The lowest BCUT2D eigenvalue weighted by Gasteiger charge is -2.42. The number of rotatable bonds is 1. The molecule has 172 valence electrons. The normalized spacial score (nSPS) is 31.9. The van der Waals surface area contributed by atoms with Crippen LogP contribution in [0.1, 0.15) is 62.5 Å². The second-order valence-corrected chi connectivity index (χ2v) is 11.3. The van der Waals surface area contributed by atoms with Crippen LogP contribution in [-0.2, 0) is 5.41 Å². The summed E-state index contributed by atoms with van der Waals surface area (Å²) in [4.78, 5) is 0. The average Bonchev–Trinajstić information content (AvgIpc) is 3.40. The molecule has 0 bridgehead atoms. The number of allylic oxidation sites excluding steroid dienone is 18. The molecule has 1 aromatic carbocycles. The minimum Gasteiger partial charge on any atom is -0.0839 e. The van der Waals surface area contributed by atoms with E-state index in [4.69, 9.17) is 0 Å². The van der Waals surface area contributed by atoms with Gasteiger partial charge in [-0.2, -0.15) is 0 Å². The quantitative estimate of drug-likeness (QED) is 0.399. The van der Waals surface area contributed by atoms with Crippen LogP contribution in [0, 0.1) is 11.8 Å². The van der Waals surface area contributed by atoms with Crippen molar-refractivity contribution in [3.05, 3.63) is 135 Å². The molecule has 7 aliphatic rings. The van der Waals surface area contributed by atoms with Crippen molar-refractivity contribution < 1.29 is 0 Å². The topological polar surface area (TPSA) is 0 Å². The van der Waals surface area contributed by atoms with Crippen LogP contribution in [-0.4, -0.2) is 0 Å². The molecule has 1 aromatic rings. The Bertz CT molecular complexity index is 1440. The van der Waals surface area contributed by atoms with Gasteiger partial charge in [0.05, 0.1) is 0 Å². The summed E-state index contributed by atoms with van der Waals surface area (Å²) < 4.78 is 0. The third kappa shape index (κ3) is 2.63. The Labute approximate surface area is 209 Å². The molecule has 0 saturated heterocycles. The second-order valence-electron chi connectivity index (χ2n) is 11.3. The Morgan fingerprint density at radius 1 is 0.686 bits per heavy atom. The highest BCUT2D eigenvalue weighted by Crippen LogP contribution is 2.68. The Morgan fingerprint density at radius 2 is 1.46 bits per heavy atom.